The molecule has 1 heterocycles. The quantitative estimate of drug-likeness (QED) is 0.321. The van der Waals surface area contributed by atoms with Crippen LogP contribution >= 0.6 is 11.8 Å². The van der Waals surface area contributed by atoms with Crippen LogP contribution in [-0.4, -0.2) is 52.3 Å². The number of unbranched alkanes of at least 4 members (excludes halogenated alkanes) is 3. The Balaban J connectivity index is 1.69. The summed E-state index contributed by atoms with van der Waals surface area (Å²) in [5.41, 5.74) is 1.09. The smallest absolute Gasteiger partial charge is 0.305 e. The molecule has 1 aromatic rings. The fourth-order valence-corrected chi connectivity index (χ4v) is 4.20. The number of aliphatic hydroxyl groups is 1. The molecule has 0 spiro atoms. The van der Waals surface area contributed by atoms with E-state index in [1.54, 1.807) is 0 Å². The van der Waals surface area contributed by atoms with Crippen LogP contribution in [0.3, 0.4) is 0 Å². The largest absolute Gasteiger partial charge is 0.466 e. The maximum Gasteiger partial charge on any atom is 0.305 e. The van der Waals surface area contributed by atoms with E-state index in [1.165, 1.54) is 11.8 Å². The van der Waals surface area contributed by atoms with Crippen LogP contribution in [0.2, 0.25) is 0 Å². The third-order valence-electron chi connectivity index (χ3n) is 4.69. The zero-order valence-electron chi connectivity index (χ0n) is 16.6. The summed E-state index contributed by atoms with van der Waals surface area (Å²) in [4.78, 5) is 25.3. The Hall–Kier alpha value is -1.79. The number of amides is 1. The molecule has 0 aliphatic carbocycles. The van der Waals surface area contributed by atoms with E-state index in [2.05, 4.69) is 0 Å². The first-order valence-electron chi connectivity index (χ1n) is 10.1. The van der Waals surface area contributed by atoms with Crippen molar-refractivity contribution in [2.75, 3.05) is 18.9 Å². The van der Waals surface area contributed by atoms with Gasteiger partial charge in [-0.2, -0.15) is 0 Å². The molecule has 1 aromatic carbocycles. The number of hydrogen-bond donors (Lipinski definition) is 1. The van der Waals surface area contributed by atoms with Gasteiger partial charge in [-0.15, -0.1) is 0 Å². The zero-order valence-corrected chi connectivity index (χ0v) is 17.4. The van der Waals surface area contributed by atoms with Crippen molar-refractivity contribution in [3.8, 4) is 0 Å². The van der Waals surface area contributed by atoms with Gasteiger partial charge in [-0.3, -0.25) is 9.59 Å². The van der Waals surface area contributed by atoms with Gasteiger partial charge < -0.3 is 14.7 Å². The third-order valence-corrected chi connectivity index (χ3v) is 5.68. The van der Waals surface area contributed by atoms with Crippen molar-refractivity contribution >= 4 is 23.0 Å². The molecule has 1 saturated heterocycles. The Morgan fingerprint density at radius 3 is 2.79 bits per heavy atom. The third kappa shape index (κ3) is 8.07. The summed E-state index contributed by atoms with van der Waals surface area (Å²) in [7, 11) is 0. The van der Waals surface area contributed by atoms with Crippen LogP contribution in [0.25, 0.3) is 0 Å². The molecule has 0 aromatic heterocycles. The molecule has 1 unspecified atom stereocenters. The summed E-state index contributed by atoms with van der Waals surface area (Å²) in [6.07, 6.45) is 7.97. The molecule has 154 valence electrons. The van der Waals surface area contributed by atoms with E-state index in [0.717, 1.165) is 43.5 Å². The van der Waals surface area contributed by atoms with Crippen LogP contribution in [0, 0.1) is 0 Å². The second-order valence-electron chi connectivity index (χ2n) is 6.95. The van der Waals surface area contributed by atoms with Crippen molar-refractivity contribution < 1.29 is 19.4 Å². The molecule has 5 nitrogen and oxygen atoms in total. The van der Waals surface area contributed by atoms with Crippen LogP contribution in [0.15, 0.2) is 42.5 Å². The van der Waals surface area contributed by atoms with Crippen LogP contribution in [0.5, 0.6) is 0 Å². The number of thioether (sulfide) groups is 1. The summed E-state index contributed by atoms with van der Waals surface area (Å²) in [5, 5.41) is 10.3. The number of rotatable bonds is 12. The number of nitrogens with zero attached hydrogens (tertiary/aromatic N) is 1. The summed E-state index contributed by atoms with van der Waals surface area (Å²) in [6, 6.07) is 9.93. The number of ether oxygens (including phenoxy) is 1. The summed E-state index contributed by atoms with van der Waals surface area (Å²) >= 11 is 1.34. The Labute approximate surface area is 172 Å². The standard InChI is InChI=1S/C22H31NO4S/c1-2-27-21(25)12-8-3-4-9-15-23-19(17-28-22(23)26)13-14-20(24)16-18-10-6-5-7-11-18/h5-7,10-11,13-14,19-20,24H,2-4,8-9,12,15-17H2,1H3/t19-,20?/m0/s1. The van der Waals surface area contributed by atoms with E-state index >= 15 is 0 Å². The second kappa shape index (κ2) is 12.6. The first kappa shape index (κ1) is 22.5. The average molecular weight is 406 g/mol. The number of carbonyl (C=O) groups excluding carboxylic acids is 2. The summed E-state index contributed by atoms with van der Waals surface area (Å²) in [5.74, 6) is 0.601. The zero-order chi connectivity index (χ0) is 20.2. The molecular weight excluding hydrogens is 374 g/mol. The minimum Gasteiger partial charge on any atom is -0.466 e. The lowest BCUT2D eigenvalue weighted by atomic mass is 10.1. The monoisotopic (exact) mass is 405 g/mol. The van der Waals surface area contributed by atoms with Gasteiger partial charge in [-0.25, -0.2) is 0 Å². The predicted octanol–water partition coefficient (Wildman–Crippen LogP) is 4.20. The lowest BCUT2D eigenvalue weighted by molar-refractivity contribution is -0.143. The van der Waals surface area contributed by atoms with E-state index in [9.17, 15) is 14.7 Å². The normalized spacial score (nSPS) is 18.0. The SMILES string of the molecule is CCOC(=O)CCCCCCN1C(=O)SC[C@@H]1C=CC(O)Cc1ccccc1. The van der Waals surface area contributed by atoms with E-state index in [1.807, 2.05) is 54.3 Å². The molecule has 1 amide bonds. The Bertz CT molecular complexity index is 635. The maximum absolute atomic E-state index is 12.1. The topological polar surface area (TPSA) is 66.8 Å². The Morgan fingerprint density at radius 1 is 1.29 bits per heavy atom. The van der Waals surface area contributed by atoms with E-state index < -0.39 is 6.10 Å². The lowest BCUT2D eigenvalue weighted by Crippen LogP contribution is -2.33. The van der Waals surface area contributed by atoms with Crippen LogP contribution in [0.4, 0.5) is 4.79 Å². The average Bonchev–Trinajstić information content (AvgIpc) is 3.03. The molecule has 2 atom stereocenters. The van der Waals surface area contributed by atoms with Gasteiger partial charge in [0.15, 0.2) is 0 Å². The first-order valence-corrected chi connectivity index (χ1v) is 11.1. The van der Waals surface area contributed by atoms with Crippen molar-refractivity contribution in [3.05, 3.63) is 48.0 Å². The minimum absolute atomic E-state index is 0.0439. The van der Waals surface area contributed by atoms with Crippen molar-refractivity contribution in [2.24, 2.45) is 0 Å². The molecule has 1 aliphatic heterocycles. The highest BCUT2D eigenvalue weighted by Gasteiger charge is 2.29. The van der Waals surface area contributed by atoms with Crippen molar-refractivity contribution in [1.82, 2.24) is 4.90 Å². The van der Waals surface area contributed by atoms with E-state index in [4.69, 9.17) is 4.74 Å². The van der Waals surface area contributed by atoms with Crippen molar-refractivity contribution in [2.45, 2.75) is 57.6 Å². The fraction of sp³-hybridized carbons (Fsp3) is 0.545. The summed E-state index contributed by atoms with van der Waals surface area (Å²) < 4.78 is 4.92. The van der Waals surface area contributed by atoms with Crippen LogP contribution in [0.1, 0.15) is 44.6 Å². The number of carbonyl (C=O) groups is 2. The number of hydrogen-bond acceptors (Lipinski definition) is 5. The maximum atomic E-state index is 12.1. The van der Waals surface area contributed by atoms with Crippen molar-refractivity contribution in [1.29, 1.82) is 0 Å². The highest BCUT2D eigenvalue weighted by molar-refractivity contribution is 8.13. The van der Waals surface area contributed by atoms with E-state index in [0.29, 0.717) is 19.4 Å². The highest BCUT2D eigenvalue weighted by atomic mass is 32.2. The molecule has 1 aliphatic rings. The van der Waals surface area contributed by atoms with Crippen LogP contribution in [-0.2, 0) is 16.0 Å². The van der Waals surface area contributed by atoms with Gasteiger partial charge in [0, 0.05) is 25.1 Å². The molecule has 1 N–H and O–H groups in total. The molecule has 0 radical (unpaired) electrons. The van der Waals surface area contributed by atoms with Gasteiger partial charge in [0.1, 0.15) is 0 Å². The molecule has 6 heteroatoms. The highest BCUT2D eigenvalue weighted by Crippen LogP contribution is 2.25. The lowest BCUT2D eigenvalue weighted by Gasteiger charge is -2.21. The number of benzene rings is 1. The fourth-order valence-electron chi connectivity index (χ4n) is 3.20. The molecule has 1 fully saturated rings. The predicted molar refractivity (Wildman–Crippen MR) is 113 cm³/mol. The van der Waals surface area contributed by atoms with Gasteiger partial charge in [-0.1, -0.05) is 67.1 Å². The van der Waals surface area contributed by atoms with Gasteiger partial charge in [0.2, 0.25) is 0 Å². The van der Waals surface area contributed by atoms with Gasteiger partial charge in [-0.05, 0) is 25.3 Å². The second-order valence-corrected chi connectivity index (χ2v) is 7.92. The van der Waals surface area contributed by atoms with Gasteiger partial charge in [0.25, 0.3) is 5.24 Å². The number of aliphatic hydroxyl groups excluding tert-OH is 1. The molecular formula is C22H31NO4S. The number of esters is 1. The molecule has 0 bridgehead atoms. The molecule has 2 rings (SSSR count). The van der Waals surface area contributed by atoms with Gasteiger partial charge >= 0.3 is 5.97 Å². The Morgan fingerprint density at radius 2 is 2.04 bits per heavy atom. The summed E-state index contributed by atoms with van der Waals surface area (Å²) in [6.45, 7) is 2.96. The molecule has 0 saturated carbocycles. The minimum atomic E-state index is -0.548. The van der Waals surface area contributed by atoms with Crippen LogP contribution < -0.4 is 0 Å². The van der Waals surface area contributed by atoms with Gasteiger partial charge in [0.05, 0.1) is 18.8 Å². The van der Waals surface area contributed by atoms with E-state index in [-0.39, 0.29) is 17.3 Å². The van der Waals surface area contributed by atoms with Crippen molar-refractivity contribution in [3.63, 3.8) is 0 Å². The first-order chi connectivity index (χ1) is 13.6. The Kier molecular flexibility index (Phi) is 10.1. The molecule has 28 heavy (non-hydrogen) atoms.